The van der Waals surface area contributed by atoms with E-state index in [1.807, 2.05) is 6.92 Å². The van der Waals surface area contributed by atoms with Gasteiger partial charge in [-0.2, -0.15) is 0 Å². The first-order chi connectivity index (χ1) is 10.2. The van der Waals surface area contributed by atoms with Crippen molar-refractivity contribution in [2.24, 2.45) is 5.73 Å². The highest BCUT2D eigenvalue weighted by atomic mass is 16.5. The van der Waals surface area contributed by atoms with Gasteiger partial charge in [0, 0.05) is 39.3 Å². The van der Waals surface area contributed by atoms with E-state index < -0.39 is 0 Å². The molecule has 1 amide bonds. The van der Waals surface area contributed by atoms with Crippen LogP contribution >= 0.6 is 0 Å². The second kappa shape index (κ2) is 11.0. The van der Waals surface area contributed by atoms with Gasteiger partial charge in [-0.05, 0) is 32.9 Å². The first-order valence-corrected chi connectivity index (χ1v) is 8.08. The van der Waals surface area contributed by atoms with Crippen molar-refractivity contribution in [3.05, 3.63) is 0 Å². The zero-order chi connectivity index (χ0) is 15.5. The lowest BCUT2D eigenvalue weighted by Gasteiger charge is -2.34. The number of nitrogens with two attached hydrogens (primary N) is 1. The number of hydrogen-bond donors (Lipinski definition) is 2. The number of ether oxygens (including phenoxy) is 1. The number of rotatable bonds is 10. The number of piperazine rings is 1. The number of hydrogen-bond acceptors (Lipinski definition) is 5. The average molecular weight is 300 g/mol. The average Bonchev–Trinajstić information content (AvgIpc) is 2.45. The van der Waals surface area contributed by atoms with Crippen LogP contribution in [0.15, 0.2) is 0 Å². The normalized spacial score (nSPS) is 18.6. The van der Waals surface area contributed by atoms with Gasteiger partial charge in [-0.1, -0.05) is 6.42 Å². The molecule has 0 spiro atoms. The Morgan fingerprint density at radius 2 is 1.86 bits per heavy atom. The molecule has 0 aromatic heterocycles. The van der Waals surface area contributed by atoms with Gasteiger partial charge in [-0.25, -0.2) is 0 Å². The van der Waals surface area contributed by atoms with Crippen LogP contribution in [0.4, 0.5) is 0 Å². The lowest BCUT2D eigenvalue weighted by molar-refractivity contribution is -0.123. The number of carbonyl (C=O) groups is 1. The molecule has 0 radical (unpaired) electrons. The van der Waals surface area contributed by atoms with Crippen LogP contribution in [-0.4, -0.2) is 81.3 Å². The van der Waals surface area contributed by atoms with Crippen LogP contribution in [-0.2, 0) is 9.53 Å². The van der Waals surface area contributed by atoms with E-state index in [1.54, 1.807) is 7.11 Å². The van der Waals surface area contributed by atoms with Crippen molar-refractivity contribution >= 4 is 5.91 Å². The molecule has 1 saturated heterocycles. The predicted molar refractivity (Wildman–Crippen MR) is 85.3 cm³/mol. The van der Waals surface area contributed by atoms with Crippen molar-refractivity contribution in [2.45, 2.75) is 32.2 Å². The Kier molecular flexibility index (Phi) is 9.58. The number of carbonyl (C=O) groups excluding carboxylic acids is 1. The molecule has 1 atom stereocenters. The fourth-order valence-electron chi connectivity index (χ4n) is 2.64. The quantitative estimate of drug-likeness (QED) is 0.551. The molecule has 3 N–H and O–H groups in total. The molecule has 1 unspecified atom stereocenters. The summed E-state index contributed by atoms with van der Waals surface area (Å²) in [7, 11) is 1.65. The summed E-state index contributed by atoms with van der Waals surface area (Å²) in [5.74, 6) is 0.0935. The largest absolute Gasteiger partial charge is 0.383 e. The minimum Gasteiger partial charge on any atom is -0.383 e. The van der Waals surface area contributed by atoms with Crippen LogP contribution in [0.3, 0.4) is 0 Å². The Hall–Kier alpha value is -0.690. The number of methoxy groups -OCH3 is 1. The Bertz CT molecular complexity index is 281. The third kappa shape index (κ3) is 8.36. The van der Waals surface area contributed by atoms with Crippen LogP contribution in [0.25, 0.3) is 0 Å². The van der Waals surface area contributed by atoms with Crippen LogP contribution in [0.5, 0.6) is 0 Å². The molecule has 21 heavy (non-hydrogen) atoms. The van der Waals surface area contributed by atoms with Gasteiger partial charge in [0.25, 0.3) is 0 Å². The number of amides is 1. The molecule has 1 aliphatic heterocycles. The third-order valence-electron chi connectivity index (χ3n) is 3.83. The molecule has 1 aliphatic rings. The lowest BCUT2D eigenvalue weighted by atomic mass is 10.2. The summed E-state index contributed by atoms with van der Waals surface area (Å²) >= 11 is 0. The summed E-state index contributed by atoms with van der Waals surface area (Å²) in [6, 6.07) is 0.0753. The lowest BCUT2D eigenvalue weighted by Crippen LogP contribution is -2.50. The highest BCUT2D eigenvalue weighted by Gasteiger charge is 2.19. The van der Waals surface area contributed by atoms with Crippen molar-refractivity contribution in [1.29, 1.82) is 0 Å². The smallest absolute Gasteiger partial charge is 0.234 e. The predicted octanol–water partition coefficient (Wildman–Crippen LogP) is -0.116. The van der Waals surface area contributed by atoms with E-state index >= 15 is 0 Å². The van der Waals surface area contributed by atoms with Crippen molar-refractivity contribution in [3.8, 4) is 0 Å². The van der Waals surface area contributed by atoms with E-state index in [0.717, 1.165) is 45.7 Å². The molecule has 0 saturated carbocycles. The number of unbranched alkanes of at least 4 members (excludes halogenated alkanes) is 2. The van der Waals surface area contributed by atoms with E-state index in [1.165, 1.54) is 12.8 Å². The number of nitrogens with zero attached hydrogens (tertiary/aromatic N) is 2. The highest BCUT2D eigenvalue weighted by molar-refractivity contribution is 5.78. The molecule has 1 fully saturated rings. The molecule has 124 valence electrons. The summed E-state index contributed by atoms with van der Waals surface area (Å²) < 4.78 is 5.02. The van der Waals surface area contributed by atoms with E-state index in [9.17, 15) is 4.79 Å². The van der Waals surface area contributed by atoms with Crippen molar-refractivity contribution in [3.63, 3.8) is 0 Å². The maximum Gasteiger partial charge on any atom is 0.234 e. The van der Waals surface area contributed by atoms with E-state index in [2.05, 4.69) is 15.1 Å². The second-order valence-corrected chi connectivity index (χ2v) is 5.89. The summed E-state index contributed by atoms with van der Waals surface area (Å²) in [4.78, 5) is 16.6. The van der Waals surface area contributed by atoms with Crippen molar-refractivity contribution in [2.75, 3.05) is 59.5 Å². The first kappa shape index (κ1) is 18.4. The zero-order valence-electron chi connectivity index (χ0n) is 13.6. The summed E-state index contributed by atoms with van der Waals surface area (Å²) in [5, 5.41) is 2.96. The van der Waals surface area contributed by atoms with Gasteiger partial charge in [0.15, 0.2) is 0 Å². The summed E-state index contributed by atoms with van der Waals surface area (Å²) in [5.41, 5.74) is 5.50. The topological polar surface area (TPSA) is 70.8 Å². The molecular formula is C15H32N4O2. The SMILES string of the molecule is COCC(C)NC(=O)CN1CCN(CCCCCN)CC1. The van der Waals surface area contributed by atoms with Gasteiger partial charge in [0.2, 0.25) is 5.91 Å². The maximum atomic E-state index is 11.9. The van der Waals surface area contributed by atoms with Gasteiger partial charge in [0.1, 0.15) is 0 Å². The van der Waals surface area contributed by atoms with Crippen LogP contribution in [0.1, 0.15) is 26.2 Å². The van der Waals surface area contributed by atoms with Crippen LogP contribution in [0, 0.1) is 0 Å². The third-order valence-corrected chi connectivity index (χ3v) is 3.83. The fourth-order valence-corrected chi connectivity index (χ4v) is 2.64. The fraction of sp³-hybridized carbons (Fsp3) is 0.933. The van der Waals surface area contributed by atoms with E-state index in [-0.39, 0.29) is 11.9 Å². The van der Waals surface area contributed by atoms with E-state index in [0.29, 0.717) is 13.2 Å². The number of nitrogens with one attached hydrogen (secondary N) is 1. The summed E-state index contributed by atoms with van der Waals surface area (Å²) in [6.07, 6.45) is 3.57. The monoisotopic (exact) mass is 300 g/mol. The molecule has 0 aromatic rings. The van der Waals surface area contributed by atoms with Gasteiger partial charge in [-0.15, -0.1) is 0 Å². The van der Waals surface area contributed by atoms with Crippen molar-refractivity contribution in [1.82, 2.24) is 15.1 Å². The zero-order valence-corrected chi connectivity index (χ0v) is 13.6. The van der Waals surface area contributed by atoms with Crippen LogP contribution in [0.2, 0.25) is 0 Å². The minimum atomic E-state index is 0.0753. The molecule has 0 aromatic carbocycles. The van der Waals surface area contributed by atoms with Crippen molar-refractivity contribution < 1.29 is 9.53 Å². The molecule has 0 aliphatic carbocycles. The molecule has 1 heterocycles. The van der Waals surface area contributed by atoms with E-state index in [4.69, 9.17) is 10.5 Å². The van der Waals surface area contributed by atoms with Gasteiger partial charge in [0.05, 0.1) is 13.2 Å². The Morgan fingerprint density at radius 1 is 1.19 bits per heavy atom. The molecule has 6 nitrogen and oxygen atoms in total. The van der Waals surface area contributed by atoms with Gasteiger partial charge in [-0.3, -0.25) is 9.69 Å². The van der Waals surface area contributed by atoms with Crippen LogP contribution < -0.4 is 11.1 Å². The highest BCUT2D eigenvalue weighted by Crippen LogP contribution is 2.04. The van der Waals surface area contributed by atoms with Gasteiger partial charge < -0.3 is 20.7 Å². The molecular weight excluding hydrogens is 268 g/mol. The Morgan fingerprint density at radius 3 is 2.48 bits per heavy atom. The standard InChI is InChI=1S/C15H32N4O2/c1-14(13-21-2)17-15(20)12-19-10-8-18(9-11-19)7-5-3-4-6-16/h14H,3-13,16H2,1-2H3,(H,17,20). The molecule has 0 bridgehead atoms. The molecule has 6 heteroatoms. The molecule has 1 rings (SSSR count). The maximum absolute atomic E-state index is 11.9. The first-order valence-electron chi connectivity index (χ1n) is 8.08. The van der Waals surface area contributed by atoms with Gasteiger partial charge >= 0.3 is 0 Å². The minimum absolute atomic E-state index is 0.0753. The Balaban J connectivity index is 2.11. The summed E-state index contributed by atoms with van der Waals surface area (Å²) in [6.45, 7) is 9.03. The second-order valence-electron chi connectivity index (χ2n) is 5.89. The Labute approximate surface area is 129 Å².